The average Bonchev–Trinajstić information content (AvgIpc) is 3.11. The fourth-order valence-electron chi connectivity index (χ4n) is 2.93. The van der Waals surface area contributed by atoms with E-state index in [0.29, 0.717) is 0 Å². The first-order valence-corrected chi connectivity index (χ1v) is 7.31. The molecule has 4 nitrogen and oxygen atoms in total. The zero-order valence-electron chi connectivity index (χ0n) is 12.4. The molecule has 1 aliphatic rings. The van der Waals surface area contributed by atoms with Crippen molar-refractivity contribution in [2.75, 3.05) is 26.7 Å². The summed E-state index contributed by atoms with van der Waals surface area (Å²) >= 11 is 0. The quantitative estimate of drug-likeness (QED) is 0.920. The zero-order chi connectivity index (χ0) is 13.8. The fourth-order valence-corrected chi connectivity index (χ4v) is 2.93. The van der Waals surface area contributed by atoms with Gasteiger partial charge in [-0.2, -0.15) is 5.10 Å². The van der Waals surface area contributed by atoms with Crippen LogP contribution in [0.15, 0.2) is 42.7 Å². The molecule has 1 unspecified atom stereocenters. The topological polar surface area (TPSA) is 33.1 Å². The Morgan fingerprint density at radius 2 is 2.10 bits per heavy atom. The summed E-state index contributed by atoms with van der Waals surface area (Å²) in [4.78, 5) is 2.52. The van der Waals surface area contributed by atoms with Gasteiger partial charge in [-0.25, -0.2) is 4.68 Å². The summed E-state index contributed by atoms with van der Waals surface area (Å²) in [5.74, 6) is 0.796. The molecule has 2 heterocycles. The molecule has 0 amide bonds. The highest BCUT2D eigenvalue weighted by atomic mass is 35.5. The van der Waals surface area contributed by atoms with Crippen LogP contribution in [0.4, 0.5) is 0 Å². The summed E-state index contributed by atoms with van der Waals surface area (Å²) in [6, 6.07) is 10.3. The molecule has 0 spiro atoms. The van der Waals surface area contributed by atoms with Gasteiger partial charge in [0, 0.05) is 24.8 Å². The fraction of sp³-hybridized carbons (Fsp3) is 0.438. The lowest BCUT2D eigenvalue weighted by atomic mass is 10.1. The van der Waals surface area contributed by atoms with Crippen molar-refractivity contribution >= 4 is 12.4 Å². The molecule has 1 aromatic carbocycles. The second-order valence-electron chi connectivity index (χ2n) is 5.58. The smallest absolute Gasteiger partial charge is 0.0645 e. The van der Waals surface area contributed by atoms with Crippen LogP contribution in [0.3, 0.4) is 0 Å². The molecule has 21 heavy (non-hydrogen) atoms. The molecule has 1 saturated heterocycles. The zero-order valence-corrected chi connectivity index (χ0v) is 13.2. The van der Waals surface area contributed by atoms with Crippen molar-refractivity contribution in [1.29, 1.82) is 0 Å². The molecule has 0 saturated carbocycles. The van der Waals surface area contributed by atoms with Gasteiger partial charge in [-0.15, -0.1) is 12.4 Å². The highest BCUT2D eigenvalue weighted by molar-refractivity contribution is 5.85. The van der Waals surface area contributed by atoms with Crippen LogP contribution < -0.4 is 5.32 Å². The van der Waals surface area contributed by atoms with E-state index in [1.54, 1.807) is 0 Å². The maximum Gasteiger partial charge on any atom is 0.0645 e. The number of halogens is 1. The number of hydrogen-bond donors (Lipinski definition) is 1. The van der Waals surface area contributed by atoms with Gasteiger partial charge in [0.05, 0.1) is 11.9 Å². The monoisotopic (exact) mass is 306 g/mol. The lowest BCUT2D eigenvalue weighted by Crippen LogP contribution is -2.24. The van der Waals surface area contributed by atoms with Gasteiger partial charge in [-0.3, -0.25) is 4.90 Å². The van der Waals surface area contributed by atoms with Crippen LogP contribution in [0, 0.1) is 5.92 Å². The van der Waals surface area contributed by atoms with E-state index in [1.807, 2.05) is 36.1 Å². The van der Waals surface area contributed by atoms with Crippen LogP contribution in [-0.4, -0.2) is 41.4 Å². The van der Waals surface area contributed by atoms with Crippen LogP contribution in [0.2, 0.25) is 0 Å². The summed E-state index contributed by atoms with van der Waals surface area (Å²) < 4.78 is 1.95. The highest BCUT2D eigenvalue weighted by Crippen LogP contribution is 2.18. The first-order chi connectivity index (χ1) is 9.85. The second kappa shape index (κ2) is 7.59. The summed E-state index contributed by atoms with van der Waals surface area (Å²) in [6.45, 7) is 4.52. The Morgan fingerprint density at radius 1 is 1.29 bits per heavy atom. The Hall–Kier alpha value is -1.36. The van der Waals surface area contributed by atoms with Crippen molar-refractivity contribution < 1.29 is 0 Å². The number of nitrogens with one attached hydrogen (secondary N) is 1. The van der Waals surface area contributed by atoms with Crippen molar-refractivity contribution in [1.82, 2.24) is 20.0 Å². The molecular formula is C16H23ClN4. The van der Waals surface area contributed by atoms with E-state index in [2.05, 4.69) is 33.6 Å². The number of rotatable bonds is 5. The van der Waals surface area contributed by atoms with E-state index < -0.39 is 0 Å². The standard InChI is InChI=1S/C16H22N4.ClH/c1-17-9-14-7-8-19(11-14)12-15-10-18-20(13-15)16-5-3-2-4-6-16;/h2-6,10,13-14,17H,7-9,11-12H2,1H3;1H. The largest absolute Gasteiger partial charge is 0.319 e. The minimum absolute atomic E-state index is 0. The Morgan fingerprint density at radius 3 is 2.86 bits per heavy atom. The van der Waals surface area contributed by atoms with Gasteiger partial charge in [0.1, 0.15) is 0 Å². The molecular weight excluding hydrogens is 284 g/mol. The Kier molecular flexibility index (Phi) is 5.79. The molecule has 0 bridgehead atoms. The lowest BCUT2D eigenvalue weighted by molar-refractivity contribution is 0.315. The van der Waals surface area contributed by atoms with E-state index in [4.69, 9.17) is 0 Å². The third kappa shape index (κ3) is 4.06. The van der Waals surface area contributed by atoms with Crippen LogP contribution in [-0.2, 0) is 6.54 Å². The van der Waals surface area contributed by atoms with Crippen molar-refractivity contribution in [3.05, 3.63) is 48.3 Å². The van der Waals surface area contributed by atoms with Crippen LogP contribution in [0.25, 0.3) is 5.69 Å². The second-order valence-corrected chi connectivity index (χ2v) is 5.58. The Bertz CT molecular complexity index is 540. The molecule has 1 fully saturated rings. The molecule has 5 heteroatoms. The predicted octanol–water partition coefficient (Wildman–Crippen LogP) is 2.34. The van der Waals surface area contributed by atoms with E-state index >= 15 is 0 Å². The number of hydrogen-bond acceptors (Lipinski definition) is 3. The van der Waals surface area contributed by atoms with Crippen LogP contribution >= 0.6 is 12.4 Å². The van der Waals surface area contributed by atoms with Gasteiger partial charge in [0.2, 0.25) is 0 Å². The normalized spacial score (nSPS) is 18.6. The maximum absolute atomic E-state index is 4.46. The first-order valence-electron chi connectivity index (χ1n) is 7.31. The summed E-state index contributed by atoms with van der Waals surface area (Å²) in [5, 5.41) is 7.74. The number of likely N-dealkylation sites (tertiary alicyclic amines) is 1. The molecule has 114 valence electrons. The van der Waals surface area contributed by atoms with Gasteiger partial charge in [0.25, 0.3) is 0 Å². The molecule has 1 aromatic heterocycles. The summed E-state index contributed by atoms with van der Waals surface area (Å²) in [5.41, 5.74) is 2.41. The predicted molar refractivity (Wildman–Crippen MR) is 88.1 cm³/mol. The molecule has 2 aromatic rings. The summed E-state index contributed by atoms with van der Waals surface area (Å²) in [7, 11) is 2.03. The van der Waals surface area contributed by atoms with E-state index in [9.17, 15) is 0 Å². The molecule has 0 radical (unpaired) electrons. The maximum atomic E-state index is 4.46. The first kappa shape index (κ1) is 16.0. The Balaban J connectivity index is 0.00000161. The van der Waals surface area contributed by atoms with Crippen LogP contribution in [0.5, 0.6) is 0 Å². The van der Waals surface area contributed by atoms with Gasteiger partial charge in [-0.1, -0.05) is 18.2 Å². The van der Waals surface area contributed by atoms with E-state index in [-0.39, 0.29) is 12.4 Å². The molecule has 1 N–H and O–H groups in total. The number of para-hydroxylation sites is 1. The highest BCUT2D eigenvalue weighted by Gasteiger charge is 2.21. The van der Waals surface area contributed by atoms with Gasteiger partial charge >= 0.3 is 0 Å². The van der Waals surface area contributed by atoms with Gasteiger partial charge < -0.3 is 5.32 Å². The van der Waals surface area contributed by atoms with Crippen molar-refractivity contribution in [3.8, 4) is 5.69 Å². The van der Waals surface area contributed by atoms with E-state index in [1.165, 1.54) is 25.1 Å². The van der Waals surface area contributed by atoms with Crippen molar-refractivity contribution in [3.63, 3.8) is 0 Å². The average molecular weight is 307 g/mol. The Labute approximate surface area is 132 Å². The molecule has 1 aliphatic heterocycles. The van der Waals surface area contributed by atoms with Gasteiger partial charge in [-0.05, 0) is 44.6 Å². The van der Waals surface area contributed by atoms with E-state index in [0.717, 1.165) is 24.7 Å². The number of nitrogens with zero attached hydrogens (tertiary/aromatic N) is 3. The molecule has 3 rings (SSSR count). The lowest BCUT2D eigenvalue weighted by Gasteiger charge is -2.14. The molecule has 1 atom stereocenters. The number of benzene rings is 1. The van der Waals surface area contributed by atoms with Crippen LogP contribution in [0.1, 0.15) is 12.0 Å². The number of aromatic nitrogens is 2. The third-order valence-electron chi connectivity index (χ3n) is 3.93. The minimum atomic E-state index is 0. The SMILES string of the molecule is CNCC1CCN(Cc2cnn(-c3ccccc3)c2)C1.Cl. The molecule has 0 aliphatic carbocycles. The van der Waals surface area contributed by atoms with Crippen molar-refractivity contribution in [2.24, 2.45) is 5.92 Å². The minimum Gasteiger partial charge on any atom is -0.319 e. The third-order valence-corrected chi connectivity index (χ3v) is 3.93. The van der Waals surface area contributed by atoms with Crippen molar-refractivity contribution in [2.45, 2.75) is 13.0 Å². The van der Waals surface area contributed by atoms with Gasteiger partial charge in [0.15, 0.2) is 0 Å². The summed E-state index contributed by atoms with van der Waals surface area (Å²) in [6.07, 6.45) is 5.42.